The molecule has 0 bridgehead atoms. The van der Waals surface area contributed by atoms with Crippen LogP contribution in [0.15, 0.2) is 18.2 Å². The first-order valence-corrected chi connectivity index (χ1v) is 6.59. The van der Waals surface area contributed by atoms with Crippen LogP contribution in [0.5, 0.6) is 0 Å². The molecule has 1 aliphatic heterocycles. The molecule has 0 aliphatic carbocycles. The minimum absolute atomic E-state index is 0.293. The minimum atomic E-state index is -4.65. The number of hydrogen-bond donors (Lipinski definition) is 1. The number of halogens is 4. The molecule has 2 unspecified atom stereocenters. The third-order valence-corrected chi connectivity index (χ3v) is 3.38. The molecule has 1 aliphatic rings. The highest BCUT2D eigenvalue weighted by molar-refractivity contribution is 5.27. The van der Waals surface area contributed by atoms with Crippen molar-refractivity contribution < 1.29 is 17.6 Å². The lowest BCUT2D eigenvalue weighted by molar-refractivity contribution is -0.140. The molecule has 2 rings (SSSR count). The number of rotatable bonds is 2. The van der Waals surface area contributed by atoms with Crippen molar-refractivity contribution in [3.05, 3.63) is 35.1 Å². The second-order valence-electron chi connectivity index (χ2n) is 5.47. The van der Waals surface area contributed by atoms with Gasteiger partial charge in [-0.1, -0.05) is 6.07 Å². The smallest absolute Gasteiger partial charge is 0.309 e. The van der Waals surface area contributed by atoms with Gasteiger partial charge in [0.05, 0.1) is 5.56 Å². The number of hydrogen-bond acceptors (Lipinski definition) is 2. The fraction of sp³-hybridized carbons (Fsp3) is 0.571. The second kappa shape index (κ2) is 5.69. The molecule has 2 nitrogen and oxygen atoms in total. The zero-order chi connectivity index (χ0) is 14.9. The maximum atomic E-state index is 13.2. The molecule has 0 aromatic heterocycles. The molecule has 1 aromatic rings. The van der Waals surface area contributed by atoms with E-state index in [0.717, 1.165) is 25.2 Å². The highest BCUT2D eigenvalue weighted by Gasteiger charge is 2.34. The van der Waals surface area contributed by atoms with Gasteiger partial charge in [0.1, 0.15) is 5.82 Å². The summed E-state index contributed by atoms with van der Waals surface area (Å²) in [5.41, 5.74) is -0.703. The highest BCUT2D eigenvalue weighted by atomic mass is 19.4. The Kier molecular flexibility index (Phi) is 4.34. The lowest BCUT2D eigenvalue weighted by atomic mass is 10.1. The first-order valence-electron chi connectivity index (χ1n) is 6.59. The molecule has 0 spiro atoms. The molecular formula is C14H18F4N2. The van der Waals surface area contributed by atoms with Crippen LogP contribution in [-0.2, 0) is 12.7 Å². The molecule has 20 heavy (non-hydrogen) atoms. The van der Waals surface area contributed by atoms with Crippen LogP contribution in [0, 0.1) is 5.82 Å². The topological polar surface area (TPSA) is 15.3 Å². The molecule has 1 fully saturated rings. The molecular weight excluding hydrogens is 272 g/mol. The third kappa shape index (κ3) is 3.70. The van der Waals surface area contributed by atoms with Gasteiger partial charge >= 0.3 is 6.18 Å². The molecule has 0 radical (unpaired) electrons. The normalized spacial score (nSPS) is 24.9. The van der Waals surface area contributed by atoms with Gasteiger partial charge in [-0.2, -0.15) is 13.2 Å². The van der Waals surface area contributed by atoms with E-state index in [-0.39, 0.29) is 0 Å². The molecule has 1 heterocycles. The van der Waals surface area contributed by atoms with Gasteiger partial charge in [-0.3, -0.25) is 4.90 Å². The molecule has 0 saturated carbocycles. The number of benzene rings is 1. The molecule has 1 N–H and O–H groups in total. The largest absolute Gasteiger partial charge is 0.419 e. The van der Waals surface area contributed by atoms with Crippen LogP contribution in [0.4, 0.5) is 17.6 Å². The van der Waals surface area contributed by atoms with Crippen molar-refractivity contribution >= 4 is 0 Å². The van der Waals surface area contributed by atoms with Crippen molar-refractivity contribution in [1.82, 2.24) is 10.2 Å². The Morgan fingerprint density at radius 2 is 1.80 bits per heavy atom. The monoisotopic (exact) mass is 290 g/mol. The van der Waals surface area contributed by atoms with Gasteiger partial charge in [-0.25, -0.2) is 4.39 Å². The Balaban J connectivity index is 2.14. The van der Waals surface area contributed by atoms with Gasteiger partial charge in [-0.15, -0.1) is 0 Å². The number of nitrogens with one attached hydrogen (secondary N) is 1. The van der Waals surface area contributed by atoms with Crippen LogP contribution in [-0.4, -0.2) is 30.1 Å². The summed E-state index contributed by atoms with van der Waals surface area (Å²) < 4.78 is 51.2. The fourth-order valence-corrected chi connectivity index (χ4v) is 2.72. The summed E-state index contributed by atoms with van der Waals surface area (Å²) in [6, 6.07) is 3.81. The molecule has 0 amide bonds. The molecule has 112 valence electrons. The average molecular weight is 290 g/mol. The number of piperazine rings is 1. The van der Waals surface area contributed by atoms with Crippen LogP contribution < -0.4 is 5.32 Å². The van der Waals surface area contributed by atoms with Crippen LogP contribution in [0.2, 0.25) is 0 Å². The Morgan fingerprint density at radius 1 is 1.20 bits per heavy atom. The standard InChI is InChI=1S/C14H18F4N2/c1-9-6-20(7-10(2)19-9)8-11-3-4-13(15)12(5-11)14(16,17)18/h3-5,9-10,19H,6-8H2,1-2H3. The van der Waals surface area contributed by atoms with E-state index in [9.17, 15) is 17.6 Å². The van der Waals surface area contributed by atoms with Gasteiger partial charge < -0.3 is 5.32 Å². The maximum absolute atomic E-state index is 13.2. The van der Waals surface area contributed by atoms with Gasteiger partial charge in [0.15, 0.2) is 0 Å². The summed E-state index contributed by atoms with van der Waals surface area (Å²) >= 11 is 0. The minimum Gasteiger partial charge on any atom is -0.309 e. The van der Waals surface area contributed by atoms with E-state index < -0.39 is 17.6 Å². The summed E-state index contributed by atoms with van der Waals surface area (Å²) in [7, 11) is 0. The number of nitrogens with zero attached hydrogens (tertiary/aromatic N) is 1. The van der Waals surface area contributed by atoms with Crippen molar-refractivity contribution in [2.75, 3.05) is 13.1 Å². The quantitative estimate of drug-likeness (QED) is 0.842. The number of alkyl halides is 3. The van der Waals surface area contributed by atoms with E-state index in [1.165, 1.54) is 6.07 Å². The highest BCUT2D eigenvalue weighted by Crippen LogP contribution is 2.32. The van der Waals surface area contributed by atoms with E-state index in [1.54, 1.807) is 0 Å². The predicted molar refractivity (Wildman–Crippen MR) is 68.7 cm³/mol. The maximum Gasteiger partial charge on any atom is 0.419 e. The van der Waals surface area contributed by atoms with Gasteiger partial charge in [0.25, 0.3) is 0 Å². The lowest BCUT2D eigenvalue weighted by Crippen LogP contribution is -2.53. The predicted octanol–water partition coefficient (Wildman–Crippen LogP) is 3.03. The first-order chi connectivity index (χ1) is 9.25. The van der Waals surface area contributed by atoms with Crippen LogP contribution >= 0.6 is 0 Å². The summed E-state index contributed by atoms with van der Waals surface area (Å²) in [5.74, 6) is -1.22. The van der Waals surface area contributed by atoms with Crippen molar-refractivity contribution in [1.29, 1.82) is 0 Å². The Labute approximate surface area is 115 Å². The summed E-state index contributed by atoms with van der Waals surface area (Å²) in [5, 5.41) is 3.36. The summed E-state index contributed by atoms with van der Waals surface area (Å²) in [6.45, 7) is 6.01. The van der Waals surface area contributed by atoms with Gasteiger partial charge in [-0.05, 0) is 31.5 Å². The third-order valence-electron chi connectivity index (χ3n) is 3.38. The van der Waals surface area contributed by atoms with Gasteiger partial charge in [0.2, 0.25) is 0 Å². The zero-order valence-electron chi connectivity index (χ0n) is 11.5. The Morgan fingerprint density at radius 3 is 2.35 bits per heavy atom. The van der Waals surface area contributed by atoms with E-state index >= 15 is 0 Å². The first kappa shape index (κ1) is 15.3. The van der Waals surface area contributed by atoms with E-state index in [1.807, 2.05) is 13.8 Å². The van der Waals surface area contributed by atoms with Crippen molar-refractivity contribution in [2.45, 2.75) is 38.7 Å². The van der Waals surface area contributed by atoms with Crippen molar-refractivity contribution in [3.63, 3.8) is 0 Å². The van der Waals surface area contributed by atoms with E-state index in [4.69, 9.17) is 0 Å². The Bertz CT molecular complexity index is 463. The van der Waals surface area contributed by atoms with Crippen LogP contribution in [0.3, 0.4) is 0 Å². The fourth-order valence-electron chi connectivity index (χ4n) is 2.72. The summed E-state index contributed by atoms with van der Waals surface area (Å²) in [4.78, 5) is 2.08. The second-order valence-corrected chi connectivity index (χ2v) is 5.47. The average Bonchev–Trinajstić information content (AvgIpc) is 2.29. The SMILES string of the molecule is CC1CN(Cc2ccc(F)c(C(F)(F)F)c2)CC(C)N1. The van der Waals surface area contributed by atoms with Crippen molar-refractivity contribution in [3.8, 4) is 0 Å². The molecule has 1 saturated heterocycles. The Hall–Kier alpha value is -1.14. The van der Waals surface area contributed by atoms with E-state index in [0.29, 0.717) is 24.2 Å². The molecule has 2 atom stereocenters. The van der Waals surface area contributed by atoms with Crippen LogP contribution in [0.1, 0.15) is 25.0 Å². The van der Waals surface area contributed by atoms with E-state index in [2.05, 4.69) is 10.2 Å². The molecule has 1 aromatic carbocycles. The lowest BCUT2D eigenvalue weighted by Gasteiger charge is -2.36. The molecule has 6 heteroatoms. The van der Waals surface area contributed by atoms with Crippen molar-refractivity contribution in [2.24, 2.45) is 0 Å². The van der Waals surface area contributed by atoms with Crippen LogP contribution in [0.25, 0.3) is 0 Å². The summed E-state index contributed by atoms with van der Waals surface area (Å²) in [6.07, 6.45) is -4.65. The zero-order valence-corrected chi connectivity index (χ0v) is 11.5. The van der Waals surface area contributed by atoms with Gasteiger partial charge in [0, 0.05) is 31.7 Å².